The summed E-state index contributed by atoms with van der Waals surface area (Å²) in [6.07, 6.45) is 2.02. The average Bonchev–Trinajstić information content (AvgIpc) is 2.92. The highest BCUT2D eigenvalue weighted by Crippen LogP contribution is 2.19. The summed E-state index contributed by atoms with van der Waals surface area (Å²) in [5.41, 5.74) is 6.72. The van der Waals surface area contributed by atoms with Crippen LogP contribution in [0.1, 0.15) is 23.2 Å². The quantitative estimate of drug-likeness (QED) is 0.789. The molecule has 3 N–H and O–H groups in total. The van der Waals surface area contributed by atoms with Crippen molar-refractivity contribution in [2.45, 2.75) is 12.8 Å². The number of ether oxygens (including phenoxy) is 2. The van der Waals surface area contributed by atoms with Crippen LogP contribution in [-0.2, 0) is 4.74 Å². The number of nitrogens with one attached hydrogen (secondary N) is 1. The fourth-order valence-corrected chi connectivity index (χ4v) is 2.16. The third kappa shape index (κ3) is 3.61. The molecule has 1 aliphatic rings. The molecular formula is C14H20N2O3. The standard InChI is InChI=1S/C14H20N2O3/c1-18-11-2-3-13(15)12(8-11)14(17)16-6-4-10-5-7-19-9-10/h2-3,8,10H,4-7,9,15H2,1H3,(H,16,17). The van der Waals surface area contributed by atoms with Crippen molar-refractivity contribution < 1.29 is 14.3 Å². The summed E-state index contributed by atoms with van der Waals surface area (Å²) >= 11 is 0. The van der Waals surface area contributed by atoms with Crippen LogP contribution in [0.15, 0.2) is 18.2 Å². The molecule has 0 bridgehead atoms. The number of carbonyl (C=O) groups is 1. The lowest BCUT2D eigenvalue weighted by Crippen LogP contribution is -2.26. The van der Waals surface area contributed by atoms with Gasteiger partial charge in [-0.1, -0.05) is 0 Å². The molecule has 0 radical (unpaired) electrons. The van der Waals surface area contributed by atoms with Gasteiger partial charge in [0.2, 0.25) is 0 Å². The smallest absolute Gasteiger partial charge is 0.253 e. The number of rotatable bonds is 5. The molecule has 1 unspecified atom stereocenters. The Bertz CT molecular complexity index is 442. The number of methoxy groups -OCH3 is 1. The van der Waals surface area contributed by atoms with Crippen LogP contribution in [0, 0.1) is 5.92 Å². The van der Waals surface area contributed by atoms with E-state index < -0.39 is 0 Å². The molecule has 0 saturated carbocycles. The Balaban J connectivity index is 1.88. The summed E-state index contributed by atoms with van der Waals surface area (Å²) in [7, 11) is 1.56. The van der Waals surface area contributed by atoms with Crippen molar-refractivity contribution >= 4 is 11.6 Å². The first-order chi connectivity index (χ1) is 9.20. The number of hydrogen-bond donors (Lipinski definition) is 2. The van der Waals surface area contributed by atoms with Crippen LogP contribution in [0.3, 0.4) is 0 Å². The van der Waals surface area contributed by atoms with E-state index in [9.17, 15) is 4.79 Å². The van der Waals surface area contributed by atoms with Gasteiger partial charge >= 0.3 is 0 Å². The summed E-state index contributed by atoms with van der Waals surface area (Å²) < 4.78 is 10.4. The van der Waals surface area contributed by atoms with E-state index in [4.69, 9.17) is 15.2 Å². The Hall–Kier alpha value is -1.75. The van der Waals surface area contributed by atoms with Gasteiger partial charge in [0.05, 0.1) is 12.7 Å². The van der Waals surface area contributed by atoms with Gasteiger partial charge in [0, 0.05) is 25.4 Å². The van der Waals surface area contributed by atoms with Crippen LogP contribution in [0.25, 0.3) is 0 Å². The van der Waals surface area contributed by atoms with Crippen molar-refractivity contribution in [3.8, 4) is 5.75 Å². The van der Waals surface area contributed by atoms with E-state index in [1.807, 2.05) is 0 Å². The second-order valence-electron chi connectivity index (χ2n) is 4.73. The van der Waals surface area contributed by atoms with Crippen LogP contribution in [0.2, 0.25) is 0 Å². The monoisotopic (exact) mass is 264 g/mol. The minimum atomic E-state index is -0.157. The predicted octanol–water partition coefficient (Wildman–Crippen LogP) is 1.43. The third-order valence-electron chi connectivity index (χ3n) is 3.37. The number of anilines is 1. The summed E-state index contributed by atoms with van der Waals surface area (Å²) in [6.45, 7) is 2.28. The molecule has 1 aromatic rings. The number of carbonyl (C=O) groups excluding carboxylic acids is 1. The molecule has 1 saturated heterocycles. The number of benzene rings is 1. The fraction of sp³-hybridized carbons (Fsp3) is 0.500. The van der Waals surface area contributed by atoms with E-state index in [1.165, 1.54) is 0 Å². The maximum absolute atomic E-state index is 12.0. The predicted molar refractivity (Wildman–Crippen MR) is 73.3 cm³/mol. The molecule has 5 nitrogen and oxygen atoms in total. The van der Waals surface area contributed by atoms with E-state index in [-0.39, 0.29) is 5.91 Å². The number of nitrogens with two attached hydrogens (primary N) is 1. The number of nitrogen functional groups attached to an aromatic ring is 1. The second kappa shape index (κ2) is 6.43. The molecule has 5 heteroatoms. The van der Waals surface area contributed by atoms with Gasteiger partial charge < -0.3 is 20.5 Å². The molecule has 104 valence electrons. The van der Waals surface area contributed by atoms with Crippen molar-refractivity contribution in [1.82, 2.24) is 5.32 Å². The lowest BCUT2D eigenvalue weighted by atomic mass is 10.1. The topological polar surface area (TPSA) is 73.6 Å². The largest absolute Gasteiger partial charge is 0.497 e. The first kappa shape index (κ1) is 13.7. The van der Waals surface area contributed by atoms with Gasteiger partial charge in [0.1, 0.15) is 5.75 Å². The minimum Gasteiger partial charge on any atom is -0.497 e. The van der Waals surface area contributed by atoms with Crippen LogP contribution in [-0.4, -0.2) is 32.8 Å². The number of hydrogen-bond acceptors (Lipinski definition) is 4. The maximum atomic E-state index is 12.0. The van der Waals surface area contributed by atoms with Crippen molar-refractivity contribution in [2.75, 3.05) is 32.6 Å². The molecule has 1 aromatic carbocycles. The molecule has 19 heavy (non-hydrogen) atoms. The van der Waals surface area contributed by atoms with Gasteiger partial charge in [-0.15, -0.1) is 0 Å². The van der Waals surface area contributed by atoms with Crippen molar-refractivity contribution in [2.24, 2.45) is 5.92 Å². The highest BCUT2D eigenvalue weighted by molar-refractivity contribution is 5.99. The molecule has 0 aliphatic carbocycles. The number of amides is 1. The SMILES string of the molecule is COc1ccc(N)c(C(=O)NCCC2CCOC2)c1. The molecule has 1 fully saturated rings. The van der Waals surface area contributed by atoms with E-state index in [1.54, 1.807) is 25.3 Å². The molecular weight excluding hydrogens is 244 g/mol. The Labute approximate surface area is 113 Å². The summed E-state index contributed by atoms with van der Waals surface area (Å²) in [5, 5.41) is 2.89. The van der Waals surface area contributed by atoms with Crippen LogP contribution >= 0.6 is 0 Å². The van der Waals surface area contributed by atoms with Gasteiger partial charge in [-0.05, 0) is 37.0 Å². The van der Waals surface area contributed by atoms with Crippen LogP contribution < -0.4 is 15.8 Å². The van der Waals surface area contributed by atoms with E-state index >= 15 is 0 Å². The summed E-state index contributed by atoms with van der Waals surface area (Å²) in [5.74, 6) is 1.03. The Morgan fingerprint density at radius 1 is 1.58 bits per heavy atom. The van der Waals surface area contributed by atoms with Gasteiger partial charge in [0.25, 0.3) is 5.91 Å². The Morgan fingerprint density at radius 3 is 3.11 bits per heavy atom. The minimum absolute atomic E-state index is 0.157. The molecule has 0 spiro atoms. The van der Waals surface area contributed by atoms with Crippen molar-refractivity contribution in [3.63, 3.8) is 0 Å². The molecule has 1 amide bonds. The second-order valence-corrected chi connectivity index (χ2v) is 4.73. The molecule has 0 aromatic heterocycles. The summed E-state index contributed by atoms with van der Waals surface area (Å²) in [4.78, 5) is 12.0. The van der Waals surface area contributed by atoms with Gasteiger partial charge in [0.15, 0.2) is 0 Å². The molecule has 1 heterocycles. The first-order valence-corrected chi connectivity index (χ1v) is 6.50. The van der Waals surface area contributed by atoms with Crippen molar-refractivity contribution in [1.29, 1.82) is 0 Å². The fourth-order valence-electron chi connectivity index (χ4n) is 2.16. The zero-order valence-electron chi connectivity index (χ0n) is 11.1. The van der Waals surface area contributed by atoms with Gasteiger partial charge in [-0.2, -0.15) is 0 Å². The van der Waals surface area contributed by atoms with Crippen LogP contribution in [0.5, 0.6) is 5.75 Å². The molecule has 1 aliphatic heterocycles. The summed E-state index contributed by atoms with van der Waals surface area (Å²) in [6, 6.07) is 5.07. The normalized spacial score (nSPS) is 18.3. The Kier molecular flexibility index (Phi) is 4.63. The highest BCUT2D eigenvalue weighted by atomic mass is 16.5. The maximum Gasteiger partial charge on any atom is 0.253 e. The zero-order chi connectivity index (χ0) is 13.7. The average molecular weight is 264 g/mol. The van der Waals surface area contributed by atoms with E-state index in [0.29, 0.717) is 29.5 Å². The first-order valence-electron chi connectivity index (χ1n) is 6.50. The van der Waals surface area contributed by atoms with Gasteiger partial charge in [-0.25, -0.2) is 0 Å². The lowest BCUT2D eigenvalue weighted by molar-refractivity contribution is 0.0951. The van der Waals surface area contributed by atoms with Crippen molar-refractivity contribution in [3.05, 3.63) is 23.8 Å². The van der Waals surface area contributed by atoms with Crippen LogP contribution in [0.4, 0.5) is 5.69 Å². The highest BCUT2D eigenvalue weighted by Gasteiger charge is 2.16. The third-order valence-corrected chi connectivity index (χ3v) is 3.37. The zero-order valence-corrected chi connectivity index (χ0v) is 11.1. The van der Waals surface area contributed by atoms with E-state index in [0.717, 1.165) is 26.1 Å². The van der Waals surface area contributed by atoms with Gasteiger partial charge in [-0.3, -0.25) is 4.79 Å². The Morgan fingerprint density at radius 2 is 2.42 bits per heavy atom. The van der Waals surface area contributed by atoms with E-state index in [2.05, 4.69) is 5.32 Å². The molecule has 1 atom stereocenters. The molecule has 2 rings (SSSR count). The lowest BCUT2D eigenvalue weighted by Gasteiger charge is -2.11.